The number of nitrogens with zero attached hydrogens (tertiary/aromatic N) is 2. The number of carboxylic acid groups (broad SMARTS) is 1. The third-order valence-electron chi connectivity index (χ3n) is 3.07. The maximum absolute atomic E-state index is 12.0. The fraction of sp³-hybridized carbons (Fsp3) is 0.286. The molecule has 0 fully saturated rings. The van der Waals surface area contributed by atoms with Crippen LogP contribution in [-0.4, -0.2) is 41.2 Å². The van der Waals surface area contributed by atoms with Crippen LogP contribution in [0.4, 0.5) is 0 Å². The van der Waals surface area contributed by atoms with Crippen LogP contribution in [0.25, 0.3) is 10.9 Å². The maximum atomic E-state index is 12.0. The van der Waals surface area contributed by atoms with Gasteiger partial charge in [0.1, 0.15) is 5.69 Å². The van der Waals surface area contributed by atoms with Gasteiger partial charge in [0.15, 0.2) is 5.43 Å². The van der Waals surface area contributed by atoms with Crippen molar-refractivity contribution in [1.82, 2.24) is 9.47 Å². The number of aromatic carboxylic acids is 1. The standard InChI is InChI=1S/C14H15ClN2O3/c1-16(2)6-7-17-11(14(19)20)8-12(18)9-4-3-5-10(15)13(9)17/h3-5,8H,6-7H2,1-2H3,(H,19,20). The molecule has 0 atom stereocenters. The van der Waals surface area contributed by atoms with Crippen molar-refractivity contribution in [2.45, 2.75) is 6.54 Å². The molecule has 0 unspecified atom stereocenters. The number of fused-ring (bicyclic) bond motifs is 1. The number of carboxylic acids is 1. The summed E-state index contributed by atoms with van der Waals surface area (Å²) in [4.78, 5) is 25.3. The molecule has 0 aliphatic rings. The summed E-state index contributed by atoms with van der Waals surface area (Å²) in [5, 5.41) is 10.1. The normalized spacial score (nSPS) is 11.2. The number of pyridine rings is 1. The molecule has 1 aromatic heterocycles. The van der Waals surface area contributed by atoms with Gasteiger partial charge in [-0.2, -0.15) is 0 Å². The van der Waals surface area contributed by atoms with E-state index in [0.29, 0.717) is 29.0 Å². The van der Waals surface area contributed by atoms with Crippen LogP contribution >= 0.6 is 11.6 Å². The van der Waals surface area contributed by atoms with Crippen LogP contribution < -0.4 is 5.43 Å². The van der Waals surface area contributed by atoms with Gasteiger partial charge in [-0.15, -0.1) is 0 Å². The second kappa shape index (κ2) is 5.64. The number of rotatable bonds is 4. The second-order valence-electron chi connectivity index (χ2n) is 4.79. The predicted molar refractivity (Wildman–Crippen MR) is 78.7 cm³/mol. The van der Waals surface area contributed by atoms with Crippen LogP contribution in [0.1, 0.15) is 10.5 Å². The Morgan fingerprint density at radius 1 is 1.40 bits per heavy atom. The number of para-hydroxylation sites is 1. The van der Waals surface area contributed by atoms with Crippen LogP contribution in [0.5, 0.6) is 0 Å². The number of likely N-dealkylation sites (N-methyl/N-ethyl adjacent to an activating group) is 1. The van der Waals surface area contributed by atoms with Gasteiger partial charge < -0.3 is 14.6 Å². The third kappa shape index (κ3) is 2.69. The monoisotopic (exact) mass is 294 g/mol. The van der Waals surface area contributed by atoms with Gasteiger partial charge in [-0.05, 0) is 26.2 Å². The number of aromatic nitrogens is 1. The molecule has 106 valence electrons. The lowest BCUT2D eigenvalue weighted by Crippen LogP contribution is -2.24. The average molecular weight is 295 g/mol. The highest BCUT2D eigenvalue weighted by atomic mass is 35.5. The van der Waals surface area contributed by atoms with Crippen LogP contribution in [0.15, 0.2) is 29.1 Å². The lowest BCUT2D eigenvalue weighted by atomic mass is 10.1. The zero-order valence-corrected chi connectivity index (χ0v) is 12.0. The Bertz CT molecular complexity index is 722. The molecule has 0 saturated carbocycles. The van der Waals surface area contributed by atoms with E-state index in [1.54, 1.807) is 22.8 Å². The summed E-state index contributed by atoms with van der Waals surface area (Å²) in [5.41, 5.74) is 0.0966. The number of hydrogen-bond acceptors (Lipinski definition) is 3. The molecule has 1 heterocycles. The minimum absolute atomic E-state index is 0.0440. The molecule has 0 amide bonds. The van der Waals surface area contributed by atoms with E-state index in [1.165, 1.54) is 0 Å². The third-order valence-corrected chi connectivity index (χ3v) is 3.38. The molecular weight excluding hydrogens is 280 g/mol. The largest absolute Gasteiger partial charge is 0.477 e. The summed E-state index contributed by atoms with van der Waals surface area (Å²) in [6.07, 6.45) is 0. The summed E-state index contributed by atoms with van der Waals surface area (Å²) in [6, 6.07) is 6.14. The Balaban J connectivity index is 2.78. The minimum Gasteiger partial charge on any atom is -0.477 e. The molecule has 2 rings (SSSR count). The molecule has 0 spiro atoms. The lowest BCUT2D eigenvalue weighted by Gasteiger charge is -2.17. The van der Waals surface area contributed by atoms with Gasteiger partial charge in [0, 0.05) is 24.5 Å². The average Bonchev–Trinajstić information content (AvgIpc) is 2.37. The SMILES string of the molecule is CN(C)CCn1c(C(=O)O)cc(=O)c2cccc(Cl)c21. The topological polar surface area (TPSA) is 62.5 Å². The van der Waals surface area contributed by atoms with Gasteiger partial charge in [-0.25, -0.2) is 4.79 Å². The number of halogens is 1. The Labute approximate surface area is 121 Å². The second-order valence-corrected chi connectivity index (χ2v) is 5.20. The quantitative estimate of drug-likeness (QED) is 0.936. The van der Waals surface area contributed by atoms with Crippen LogP contribution in [0, 0.1) is 0 Å². The first-order valence-corrected chi connectivity index (χ1v) is 6.49. The van der Waals surface area contributed by atoms with Crippen molar-refractivity contribution in [3.63, 3.8) is 0 Å². The summed E-state index contributed by atoms with van der Waals surface area (Å²) in [6.45, 7) is 1.08. The van der Waals surface area contributed by atoms with Gasteiger partial charge >= 0.3 is 5.97 Å². The summed E-state index contributed by atoms with van der Waals surface area (Å²) >= 11 is 6.16. The number of carbonyl (C=O) groups is 1. The van der Waals surface area contributed by atoms with Crippen LogP contribution in [-0.2, 0) is 6.54 Å². The zero-order valence-electron chi connectivity index (χ0n) is 11.3. The molecule has 0 saturated heterocycles. The van der Waals surface area contributed by atoms with Crippen molar-refractivity contribution in [2.75, 3.05) is 20.6 Å². The lowest BCUT2D eigenvalue weighted by molar-refractivity contribution is 0.0684. The molecule has 5 nitrogen and oxygen atoms in total. The molecule has 0 aliphatic heterocycles. The smallest absolute Gasteiger partial charge is 0.352 e. The molecule has 0 bridgehead atoms. The molecule has 1 aromatic carbocycles. The fourth-order valence-electron chi connectivity index (χ4n) is 2.10. The van der Waals surface area contributed by atoms with Gasteiger partial charge in [-0.3, -0.25) is 4.79 Å². The van der Waals surface area contributed by atoms with Crippen molar-refractivity contribution in [3.8, 4) is 0 Å². The fourth-order valence-corrected chi connectivity index (χ4v) is 2.37. The highest BCUT2D eigenvalue weighted by Gasteiger charge is 2.16. The molecule has 20 heavy (non-hydrogen) atoms. The predicted octanol–water partition coefficient (Wildman–Crippen LogP) is 1.91. The maximum Gasteiger partial charge on any atom is 0.352 e. The summed E-state index contributed by atoms with van der Waals surface area (Å²) in [5.74, 6) is -1.14. The van der Waals surface area contributed by atoms with E-state index in [-0.39, 0.29) is 11.1 Å². The number of benzene rings is 1. The Morgan fingerprint density at radius 3 is 2.70 bits per heavy atom. The first kappa shape index (κ1) is 14.6. The van der Waals surface area contributed by atoms with Gasteiger partial charge in [0.25, 0.3) is 0 Å². The van der Waals surface area contributed by atoms with Crippen molar-refractivity contribution in [1.29, 1.82) is 0 Å². The Morgan fingerprint density at radius 2 is 2.10 bits per heavy atom. The first-order chi connectivity index (χ1) is 9.41. The van der Waals surface area contributed by atoms with Crippen molar-refractivity contribution in [2.24, 2.45) is 0 Å². The minimum atomic E-state index is -1.14. The Hall–Kier alpha value is -1.85. The first-order valence-electron chi connectivity index (χ1n) is 6.12. The van der Waals surface area contributed by atoms with Crippen LogP contribution in [0.3, 0.4) is 0 Å². The van der Waals surface area contributed by atoms with E-state index >= 15 is 0 Å². The molecule has 0 radical (unpaired) electrons. The van der Waals surface area contributed by atoms with E-state index in [0.717, 1.165) is 6.07 Å². The van der Waals surface area contributed by atoms with Gasteiger partial charge in [-0.1, -0.05) is 17.7 Å². The molecule has 0 aliphatic carbocycles. The molecule has 2 aromatic rings. The highest BCUT2D eigenvalue weighted by molar-refractivity contribution is 6.35. The van der Waals surface area contributed by atoms with Crippen molar-refractivity contribution in [3.05, 3.63) is 45.2 Å². The molecule has 6 heteroatoms. The van der Waals surface area contributed by atoms with Crippen molar-refractivity contribution < 1.29 is 9.90 Å². The van der Waals surface area contributed by atoms with E-state index in [1.807, 2.05) is 19.0 Å². The summed E-state index contributed by atoms with van der Waals surface area (Å²) in [7, 11) is 3.79. The van der Waals surface area contributed by atoms with Gasteiger partial charge in [0.05, 0.1) is 10.5 Å². The molecular formula is C14H15ClN2O3. The Kier molecular flexibility index (Phi) is 4.11. The van der Waals surface area contributed by atoms with E-state index in [2.05, 4.69) is 0 Å². The van der Waals surface area contributed by atoms with E-state index in [9.17, 15) is 14.7 Å². The molecule has 1 N–H and O–H groups in total. The van der Waals surface area contributed by atoms with Gasteiger partial charge in [0.2, 0.25) is 0 Å². The highest BCUT2D eigenvalue weighted by Crippen LogP contribution is 2.22. The summed E-state index contributed by atoms with van der Waals surface area (Å²) < 4.78 is 1.58. The van der Waals surface area contributed by atoms with Crippen molar-refractivity contribution >= 4 is 28.5 Å². The zero-order chi connectivity index (χ0) is 14.9. The number of hydrogen-bond donors (Lipinski definition) is 1. The van der Waals surface area contributed by atoms with E-state index in [4.69, 9.17) is 11.6 Å². The van der Waals surface area contributed by atoms with E-state index < -0.39 is 5.97 Å². The van der Waals surface area contributed by atoms with Crippen LogP contribution in [0.2, 0.25) is 5.02 Å².